The number of ether oxygens (including phenoxy) is 1. The van der Waals surface area contributed by atoms with Crippen LogP contribution in [0.25, 0.3) is 0 Å². The number of hydrogen-bond acceptors (Lipinski definition) is 5. The fraction of sp³-hybridized carbons (Fsp3) is 0.364. The van der Waals surface area contributed by atoms with E-state index in [1.165, 1.54) is 6.07 Å². The molecule has 18 heavy (non-hydrogen) atoms. The molecule has 0 bridgehead atoms. The monoisotopic (exact) mass is 253 g/mol. The molecule has 0 saturated carbocycles. The predicted molar refractivity (Wildman–Crippen MR) is 64.9 cm³/mol. The number of carbonyl (C=O) groups excluding carboxylic acids is 1. The first-order valence-corrected chi connectivity index (χ1v) is 5.42. The van der Waals surface area contributed by atoms with Crippen LogP contribution in [0, 0.1) is 17.0 Å². The molecule has 1 aromatic rings. The summed E-state index contributed by atoms with van der Waals surface area (Å²) in [6, 6.07) is 4.64. The van der Waals surface area contributed by atoms with Crippen molar-refractivity contribution in [2.24, 2.45) is 5.84 Å². The Morgan fingerprint density at radius 2 is 2.28 bits per heavy atom. The van der Waals surface area contributed by atoms with E-state index in [1.54, 1.807) is 12.1 Å². The Bertz CT molecular complexity index is 448. The van der Waals surface area contributed by atoms with Gasteiger partial charge in [-0.3, -0.25) is 20.3 Å². The zero-order valence-corrected chi connectivity index (χ0v) is 10.0. The molecule has 0 aromatic heterocycles. The standard InChI is InChI=1S/C11H15N3O4/c1-8-4-5-9(14(16)17)10(7-8)18-6-2-3-11(15)13-12/h4-5,7H,2-3,6,12H2,1H3,(H,13,15). The zero-order valence-electron chi connectivity index (χ0n) is 10.0. The van der Waals surface area contributed by atoms with Gasteiger partial charge in [0.25, 0.3) is 0 Å². The van der Waals surface area contributed by atoms with Crippen LogP contribution in [0.4, 0.5) is 5.69 Å². The van der Waals surface area contributed by atoms with Gasteiger partial charge in [-0.2, -0.15) is 0 Å². The Balaban J connectivity index is 2.58. The third kappa shape index (κ3) is 4.02. The number of rotatable bonds is 6. The second-order valence-electron chi connectivity index (χ2n) is 3.75. The van der Waals surface area contributed by atoms with Crippen molar-refractivity contribution < 1.29 is 14.5 Å². The van der Waals surface area contributed by atoms with Crippen molar-refractivity contribution >= 4 is 11.6 Å². The van der Waals surface area contributed by atoms with Gasteiger partial charge in [0.2, 0.25) is 5.91 Å². The fourth-order valence-corrected chi connectivity index (χ4v) is 1.37. The highest BCUT2D eigenvalue weighted by atomic mass is 16.6. The van der Waals surface area contributed by atoms with Crippen LogP contribution in [0.1, 0.15) is 18.4 Å². The SMILES string of the molecule is Cc1ccc([N+](=O)[O-])c(OCCCC(=O)NN)c1. The molecule has 7 heteroatoms. The van der Waals surface area contributed by atoms with Crippen molar-refractivity contribution in [3.05, 3.63) is 33.9 Å². The van der Waals surface area contributed by atoms with Crippen molar-refractivity contribution in [3.8, 4) is 5.75 Å². The maximum Gasteiger partial charge on any atom is 0.310 e. The van der Waals surface area contributed by atoms with Crippen LogP contribution >= 0.6 is 0 Å². The lowest BCUT2D eigenvalue weighted by Gasteiger charge is -2.07. The molecule has 0 heterocycles. The molecule has 0 aliphatic heterocycles. The highest BCUT2D eigenvalue weighted by Crippen LogP contribution is 2.27. The summed E-state index contributed by atoms with van der Waals surface area (Å²) in [5.74, 6) is 4.84. The smallest absolute Gasteiger partial charge is 0.310 e. The molecule has 0 atom stereocenters. The van der Waals surface area contributed by atoms with Crippen LogP contribution in [-0.2, 0) is 4.79 Å². The highest BCUT2D eigenvalue weighted by Gasteiger charge is 2.14. The third-order valence-electron chi connectivity index (χ3n) is 2.28. The van der Waals surface area contributed by atoms with E-state index in [0.717, 1.165) is 5.56 Å². The highest BCUT2D eigenvalue weighted by molar-refractivity contribution is 5.75. The molecule has 0 aliphatic rings. The molecule has 0 saturated heterocycles. The first-order chi connectivity index (χ1) is 8.54. The third-order valence-corrected chi connectivity index (χ3v) is 2.28. The Morgan fingerprint density at radius 3 is 2.89 bits per heavy atom. The molecule has 0 spiro atoms. The number of nitro benzene ring substituents is 1. The van der Waals surface area contributed by atoms with Crippen LogP contribution in [0.3, 0.4) is 0 Å². The van der Waals surface area contributed by atoms with Crippen molar-refractivity contribution in [1.29, 1.82) is 0 Å². The summed E-state index contributed by atoms with van der Waals surface area (Å²) in [5, 5.41) is 10.8. The van der Waals surface area contributed by atoms with Crippen molar-refractivity contribution in [3.63, 3.8) is 0 Å². The average Bonchev–Trinajstić information content (AvgIpc) is 2.34. The Hall–Kier alpha value is -2.15. The Kier molecular flexibility index (Phi) is 5.06. The van der Waals surface area contributed by atoms with Gasteiger partial charge >= 0.3 is 5.69 Å². The van der Waals surface area contributed by atoms with Gasteiger partial charge in [0.1, 0.15) is 0 Å². The second kappa shape index (κ2) is 6.55. The normalized spacial score (nSPS) is 9.89. The van der Waals surface area contributed by atoms with Gasteiger partial charge in [0.15, 0.2) is 5.75 Å². The van der Waals surface area contributed by atoms with E-state index in [-0.39, 0.29) is 30.4 Å². The quantitative estimate of drug-likeness (QED) is 0.259. The Labute approximate surface area is 104 Å². The van der Waals surface area contributed by atoms with Crippen molar-refractivity contribution in [1.82, 2.24) is 5.43 Å². The largest absolute Gasteiger partial charge is 0.487 e. The van der Waals surface area contributed by atoms with E-state index >= 15 is 0 Å². The minimum absolute atomic E-state index is 0.0797. The summed E-state index contributed by atoms with van der Waals surface area (Å²) in [7, 11) is 0. The van der Waals surface area contributed by atoms with Crippen LogP contribution in [0.2, 0.25) is 0 Å². The van der Waals surface area contributed by atoms with Gasteiger partial charge in [0, 0.05) is 12.5 Å². The predicted octanol–water partition coefficient (Wildman–Crippen LogP) is 1.05. The number of nitrogens with one attached hydrogen (secondary N) is 1. The molecule has 1 rings (SSSR count). The van der Waals surface area contributed by atoms with E-state index in [2.05, 4.69) is 0 Å². The maximum atomic E-state index is 10.9. The van der Waals surface area contributed by atoms with E-state index < -0.39 is 4.92 Å². The topological polar surface area (TPSA) is 107 Å². The molecule has 98 valence electrons. The summed E-state index contributed by atoms with van der Waals surface area (Å²) < 4.78 is 5.31. The number of hydrazine groups is 1. The lowest BCUT2D eigenvalue weighted by Crippen LogP contribution is -2.29. The summed E-state index contributed by atoms with van der Waals surface area (Å²) in [6.45, 7) is 2.04. The van der Waals surface area contributed by atoms with Crippen LogP contribution in [-0.4, -0.2) is 17.4 Å². The first kappa shape index (κ1) is 13.9. The summed E-state index contributed by atoms with van der Waals surface area (Å²) in [5.41, 5.74) is 2.79. The number of benzene rings is 1. The molecule has 7 nitrogen and oxygen atoms in total. The zero-order chi connectivity index (χ0) is 13.5. The average molecular weight is 253 g/mol. The van der Waals surface area contributed by atoms with Gasteiger partial charge in [-0.15, -0.1) is 0 Å². The number of carbonyl (C=O) groups is 1. The van der Waals surface area contributed by atoms with Crippen molar-refractivity contribution in [2.45, 2.75) is 19.8 Å². The van der Waals surface area contributed by atoms with Gasteiger partial charge in [-0.25, -0.2) is 5.84 Å². The molecule has 0 fully saturated rings. The number of hydrogen-bond donors (Lipinski definition) is 2. The van der Waals surface area contributed by atoms with Crippen LogP contribution in [0.5, 0.6) is 5.75 Å². The van der Waals surface area contributed by atoms with Gasteiger partial charge in [-0.05, 0) is 25.0 Å². The van der Waals surface area contributed by atoms with E-state index in [0.29, 0.717) is 6.42 Å². The van der Waals surface area contributed by atoms with E-state index in [9.17, 15) is 14.9 Å². The second-order valence-corrected chi connectivity index (χ2v) is 3.75. The molecular formula is C11H15N3O4. The number of nitrogens with two attached hydrogens (primary N) is 1. The summed E-state index contributed by atoms with van der Waals surface area (Å²) in [6.07, 6.45) is 0.657. The minimum atomic E-state index is -0.499. The number of amides is 1. The molecular weight excluding hydrogens is 238 g/mol. The maximum absolute atomic E-state index is 10.9. The van der Waals surface area contributed by atoms with Gasteiger partial charge < -0.3 is 4.74 Å². The molecule has 1 amide bonds. The van der Waals surface area contributed by atoms with Gasteiger partial charge in [0.05, 0.1) is 11.5 Å². The fourth-order valence-electron chi connectivity index (χ4n) is 1.37. The number of nitro groups is 1. The molecule has 0 aliphatic carbocycles. The lowest BCUT2D eigenvalue weighted by molar-refractivity contribution is -0.385. The Morgan fingerprint density at radius 1 is 1.56 bits per heavy atom. The molecule has 0 radical (unpaired) electrons. The minimum Gasteiger partial charge on any atom is -0.487 e. The molecule has 0 unspecified atom stereocenters. The number of nitrogens with zero attached hydrogens (tertiary/aromatic N) is 1. The van der Waals surface area contributed by atoms with Crippen LogP contribution < -0.4 is 16.0 Å². The lowest BCUT2D eigenvalue weighted by atomic mass is 10.2. The molecule has 1 aromatic carbocycles. The molecule has 3 N–H and O–H groups in total. The van der Waals surface area contributed by atoms with Gasteiger partial charge in [-0.1, -0.05) is 6.07 Å². The summed E-state index contributed by atoms with van der Waals surface area (Å²) >= 11 is 0. The first-order valence-electron chi connectivity index (χ1n) is 5.42. The van der Waals surface area contributed by atoms with Crippen molar-refractivity contribution in [2.75, 3.05) is 6.61 Å². The van der Waals surface area contributed by atoms with E-state index in [1.807, 2.05) is 12.3 Å². The van der Waals surface area contributed by atoms with E-state index in [4.69, 9.17) is 10.6 Å². The summed E-state index contributed by atoms with van der Waals surface area (Å²) in [4.78, 5) is 21.1. The number of aryl methyl sites for hydroxylation is 1. The van der Waals surface area contributed by atoms with Crippen LogP contribution in [0.15, 0.2) is 18.2 Å².